The summed E-state index contributed by atoms with van der Waals surface area (Å²) >= 11 is 1.87. The van der Waals surface area contributed by atoms with Gasteiger partial charge in [-0.3, -0.25) is 0 Å². The van der Waals surface area contributed by atoms with Gasteiger partial charge in [0.1, 0.15) is 6.07 Å². The van der Waals surface area contributed by atoms with Crippen LogP contribution in [0.2, 0.25) is 0 Å². The van der Waals surface area contributed by atoms with Gasteiger partial charge in [0, 0.05) is 18.0 Å². The van der Waals surface area contributed by atoms with Crippen LogP contribution in [0, 0.1) is 11.3 Å². The van der Waals surface area contributed by atoms with Gasteiger partial charge in [-0.25, -0.2) is 4.79 Å². The largest absolute Gasteiger partial charge is 0.462 e. The van der Waals surface area contributed by atoms with E-state index >= 15 is 0 Å². The summed E-state index contributed by atoms with van der Waals surface area (Å²) in [5, 5.41) is 11.8. The molecule has 0 aromatic carbocycles. The first-order chi connectivity index (χ1) is 7.27. The van der Waals surface area contributed by atoms with Gasteiger partial charge in [-0.05, 0) is 19.1 Å². The molecule has 0 radical (unpaired) electrons. The van der Waals surface area contributed by atoms with E-state index in [-0.39, 0.29) is 12.2 Å². The van der Waals surface area contributed by atoms with Gasteiger partial charge >= 0.3 is 5.97 Å². The van der Waals surface area contributed by atoms with E-state index in [9.17, 15) is 4.79 Å². The molecule has 0 aromatic rings. The Kier molecular flexibility index (Phi) is 5.05. The lowest BCUT2D eigenvalue weighted by molar-refractivity contribution is -0.138. The number of esters is 1. The molecule has 1 fully saturated rings. The van der Waals surface area contributed by atoms with Gasteiger partial charge in [0.05, 0.1) is 6.61 Å². The number of ether oxygens (including phenoxy) is 1. The number of hydrogen-bond donors (Lipinski definition) is 1. The van der Waals surface area contributed by atoms with Crippen LogP contribution in [0.4, 0.5) is 0 Å². The standard InChI is InChI=1S/C10H14N2O2S/c1-2-14-10(13)8(5-11)6-12-9-3-4-15-7-9/h6,9,12H,2-4,7H2,1H3/b8-6-. The van der Waals surface area contributed by atoms with Crippen molar-refractivity contribution in [1.29, 1.82) is 5.26 Å². The van der Waals surface area contributed by atoms with Crippen LogP contribution in [0.15, 0.2) is 11.8 Å². The molecular weight excluding hydrogens is 212 g/mol. The molecule has 1 heterocycles. The molecule has 4 nitrogen and oxygen atoms in total. The maximum atomic E-state index is 11.2. The summed E-state index contributed by atoms with van der Waals surface area (Å²) in [6.45, 7) is 2.01. The van der Waals surface area contributed by atoms with E-state index in [1.807, 2.05) is 17.8 Å². The Hall–Kier alpha value is -1.15. The number of hydrogen-bond acceptors (Lipinski definition) is 5. The maximum Gasteiger partial charge on any atom is 0.350 e. The van der Waals surface area contributed by atoms with E-state index in [4.69, 9.17) is 10.00 Å². The molecule has 0 saturated carbocycles. The Bertz CT molecular complexity index is 290. The third-order valence-electron chi connectivity index (χ3n) is 2.01. The Morgan fingerprint density at radius 1 is 1.80 bits per heavy atom. The number of carbonyl (C=O) groups excluding carboxylic acids is 1. The fraction of sp³-hybridized carbons (Fsp3) is 0.600. The lowest BCUT2D eigenvalue weighted by Crippen LogP contribution is -2.24. The predicted octanol–water partition coefficient (Wildman–Crippen LogP) is 1.05. The van der Waals surface area contributed by atoms with Crippen LogP contribution in [-0.4, -0.2) is 30.1 Å². The highest BCUT2D eigenvalue weighted by atomic mass is 32.2. The Balaban J connectivity index is 2.46. The van der Waals surface area contributed by atoms with E-state index in [1.54, 1.807) is 6.92 Å². The molecule has 1 saturated heterocycles. The first-order valence-electron chi connectivity index (χ1n) is 4.89. The van der Waals surface area contributed by atoms with Crippen molar-refractivity contribution in [3.63, 3.8) is 0 Å². The van der Waals surface area contributed by atoms with Gasteiger partial charge in [0.25, 0.3) is 0 Å². The van der Waals surface area contributed by atoms with Gasteiger partial charge in [-0.2, -0.15) is 17.0 Å². The molecule has 5 heteroatoms. The summed E-state index contributed by atoms with van der Waals surface area (Å²) in [5.74, 6) is 1.60. The highest BCUT2D eigenvalue weighted by Crippen LogP contribution is 2.17. The SMILES string of the molecule is CCOC(=O)/C(C#N)=C\NC1CCSC1. The number of thioether (sulfide) groups is 1. The molecule has 1 N–H and O–H groups in total. The van der Waals surface area contributed by atoms with Gasteiger partial charge in [0.15, 0.2) is 5.57 Å². The second kappa shape index (κ2) is 6.36. The Labute approximate surface area is 93.7 Å². The topological polar surface area (TPSA) is 62.1 Å². The molecule has 0 bridgehead atoms. The smallest absolute Gasteiger partial charge is 0.350 e. The second-order valence-corrected chi connectivity index (χ2v) is 4.27. The normalized spacial score (nSPS) is 20.8. The van der Waals surface area contributed by atoms with Crippen molar-refractivity contribution >= 4 is 17.7 Å². The van der Waals surface area contributed by atoms with Crippen molar-refractivity contribution in [2.24, 2.45) is 0 Å². The molecule has 82 valence electrons. The molecule has 0 aliphatic carbocycles. The number of nitrogens with one attached hydrogen (secondary N) is 1. The minimum absolute atomic E-state index is 0.0359. The third-order valence-corrected chi connectivity index (χ3v) is 3.17. The van der Waals surface area contributed by atoms with E-state index in [1.165, 1.54) is 6.20 Å². The maximum absolute atomic E-state index is 11.2. The van der Waals surface area contributed by atoms with Crippen molar-refractivity contribution in [1.82, 2.24) is 5.32 Å². The molecule has 1 aliphatic heterocycles. The highest BCUT2D eigenvalue weighted by Gasteiger charge is 2.15. The average molecular weight is 226 g/mol. The zero-order valence-corrected chi connectivity index (χ0v) is 9.47. The van der Waals surface area contributed by atoms with Gasteiger partial charge in [-0.1, -0.05) is 0 Å². The first kappa shape index (κ1) is 11.9. The quantitative estimate of drug-likeness (QED) is 0.441. The van der Waals surface area contributed by atoms with Crippen molar-refractivity contribution in [3.05, 3.63) is 11.8 Å². The van der Waals surface area contributed by atoms with Crippen LogP contribution in [0.1, 0.15) is 13.3 Å². The number of carbonyl (C=O) groups is 1. The van der Waals surface area contributed by atoms with Gasteiger partial charge in [-0.15, -0.1) is 0 Å². The van der Waals surface area contributed by atoms with Crippen molar-refractivity contribution in [3.8, 4) is 6.07 Å². The zero-order valence-electron chi connectivity index (χ0n) is 8.66. The highest BCUT2D eigenvalue weighted by molar-refractivity contribution is 7.99. The van der Waals surface area contributed by atoms with E-state index in [2.05, 4.69) is 5.32 Å². The third kappa shape index (κ3) is 3.84. The molecule has 1 aliphatic rings. The number of nitrogens with zero attached hydrogens (tertiary/aromatic N) is 1. The van der Waals surface area contributed by atoms with Crippen LogP contribution >= 0.6 is 11.8 Å². The number of nitriles is 1. The van der Waals surface area contributed by atoms with E-state index in [0.717, 1.165) is 17.9 Å². The second-order valence-electron chi connectivity index (χ2n) is 3.12. The molecular formula is C10H14N2O2S. The fourth-order valence-electron chi connectivity index (χ4n) is 1.21. The predicted molar refractivity (Wildman–Crippen MR) is 59.2 cm³/mol. The Morgan fingerprint density at radius 2 is 2.60 bits per heavy atom. The first-order valence-corrected chi connectivity index (χ1v) is 6.04. The average Bonchev–Trinajstić information content (AvgIpc) is 2.72. The molecule has 1 atom stereocenters. The van der Waals surface area contributed by atoms with Crippen molar-refractivity contribution < 1.29 is 9.53 Å². The minimum atomic E-state index is -0.557. The van der Waals surface area contributed by atoms with E-state index in [0.29, 0.717) is 6.04 Å². The minimum Gasteiger partial charge on any atom is -0.462 e. The molecule has 15 heavy (non-hydrogen) atoms. The monoisotopic (exact) mass is 226 g/mol. The number of rotatable bonds is 4. The van der Waals surface area contributed by atoms with Crippen LogP contribution in [-0.2, 0) is 9.53 Å². The van der Waals surface area contributed by atoms with Crippen molar-refractivity contribution in [2.45, 2.75) is 19.4 Å². The Morgan fingerprint density at radius 3 is 3.13 bits per heavy atom. The summed E-state index contributed by atoms with van der Waals surface area (Å²) in [4.78, 5) is 11.2. The summed E-state index contributed by atoms with van der Waals surface area (Å²) in [7, 11) is 0. The van der Waals surface area contributed by atoms with Crippen LogP contribution < -0.4 is 5.32 Å². The van der Waals surface area contributed by atoms with Crippen LogP contribution in [0.3, 0.4) is 0 Å². The van der Waals surface area contributed by atoms with Crippen molar-refractivity contribution in [2.75, 3.05) is 18.1 Å². The summed E-state index contributed by atoms with van der Waals surface area (Å²) < 4.78 is 4.74. The summed E-state index contributed by atoms with van der Waals surface area (Å²) in [6, 6.07) is 2.20. The van der Waals surface area contributed by atoms with E-state index < -0.39 is 5.97 Å². The van der Waals surface area contributed by atoms with Gasteiger partial charge < -0.3 is 10.1 Å². The summed E-state index contributed by atoms with van der Waals surface area (Å²) in [5.41, 5.74) is 0.0359. The molecule has 1 unspecified atom stereocenters. The summed E-state index contributed by atoms with van der Waals surface area (Å²) in [6.07, 6.45) is 2.54. The van der Waals surface area contributed by atoms with Crippen LogP contribution in [0.5, 0.6) is 0 Å². The molecule has 0 amide bonds. The molecule has 0 aromatic heterocycles. The van der Waals surface area contributed by atoms with Crippen LogP contribution in [0.25, 0.3) is 0 Å². The molecule has 0 spiro atoms. The molecule has 1 rings (SSSR count). The lowest BCUT2D eigenvalue weighted by atomic mass is 10.2. The van der Waals surface area contributed by atoms with Gasteiger partial charge in [0.2, 0.25) is 0 Å². The zero-order chi connectivity index (χ0) is 11.1. The fourth-order valence-corrected chi connectivity index (χ4v) is 2.38. The lowest BCUT2D eigenvalue weighted by Gasteiger charge is -2.08.